The highest BCUT2D eigenvalue weighted by Crippen LogP contribution is 2.40. The predicted octanol–water partition coefficient (Wildman–Crippen LogP) is 1.41. The predicted molar refractivity (Wildman–Crippen MR) is 64.9 cm³/mol. The minimum absolute atomic E-state index is 0.00153. The summed E-state index contributed by atoms with van der Waals surface area (Å²) < 4.78 is 24.7. The molecule has 1 saturated carbocycles. The molecular weight excluding hydrogens is 242 g/mol. The summed E-state index contributed by atoms with van der Waals surface area (Å²) in [6, 6.07) is 0.00153. The Hall–Kier alpha value is -0.750. The molecule has 1 unspecified atom stereocenters. The van der Waals surface area contributed by atoms with Crippen molar-refractivity contribution in [1.82, 2.24) is 10.2 Å². The fourth-order valence-corrected chi connectivity index (χ4v) is 2.41. The van der Waals surface area contributed by atoms with Crippen LogP contribution in [0.1, 0.15) is 26.7 Å². The van der Waals surface area contributed by atoms with E-state index < -0.39 is 24.5 Å². The standard InChI is InChI=1S/C12H22F2N2O2/c1-8(2)15-12(11(17)18,9-4-5-9)7-16(3)6-10(13)14/h8-10,15H,4-7H2,1-3H3,(H,17,18). The molecule has 6 heteroatoms. The summed E-state index contributed by atoms with van der Waals surface area (Å²) in [6.45, 7) is 3.44. The fraction of sp³-hybridized carbons (Fsp3) is 0.917. The van der Waals surface area contributed by atoms with Crippen LogP contribution >= 0.6 is 0 Å². The van der Waals surface area contributed by atoms with Crippen LogP contribution in [0.15, 0.2) is 0 Å². The maximum Gasteiger partial charge on any atom is 0.325 e. The quantitative estimate of drug-likeness (QED) is 0.696. The highest BCUT2D eigenvalue weighted by molar-refractivity contribution is 5.80. The maximum atomic E-state index is 12.3. The number of carbonyl (C=O) groups is 1. The van der Waals surface area contributed by atoms with Gasteiger partial charge in [0.25, 0.3) is 6.43 Å². The summed E-state index contributed by atoms with van der Waals surface area (Å²) in [5, 5.41) is 12.6. The van der Waals surface area contributed by atoms with E-state index >= 15 is 0 Å². The number of hydrogen-bond acceptors (Lipinski definition) is 3. The molecule has 2 N–H and O–H groups in total. The van der Waals surface area contributed by atoms with Gasteiger partial charge in [-0.05, 0) is 39.7 Å². The van der Waals surface area contributed by atoms with E-state index in [4.69, 9.17) is 0 Å². The Morgan fingerprint density at radius 2 is 2.06 bits per heavy atom. The molecule has 0 heterocycles. The van der Waals surface area contributed by atoms with Crippen LogP contribution in [-0.4, -0.2) is 54.1 Å². The molecule has 0 radical (unpaired) electrons. The highest BCUT2D eigenvalue weighted by atomic mass is 19.3. The molecule has 4 nitrogen and oxygen atoms in total. The van der Waals surface area contributed by atoms with Crippen LogP contribution in [0.4, 0.5) is 8.78 Å². The summed E-state index contributed by atoms with van der Waals surface area (Å²) in [4.78, 5) is 13.0. The molecular formula is C12H22F2N2O2. The van der Waals surface area contributed by atoms with Crippen LogP contribution in [0, 0.1) is 5.92 Å². The Balaban J connectivity index is 2.78. The van der Waals surface area contributed by atoms with Crippen LogP contribution in [0.5, 0.6) is 0 Å². The van der Waals surface area contributed by atoms with Crippen LogP contribution < -0.4 is 5.32 Å². The normalized spacial score (nSPS) is 19.6. The van der Waals surface area contributed by atoms with Gasteiger partial charge in [0.1, 0.15) is 5.54 Å². The zero-order chi connectivity index (χ0) is 13.9. The summed E-state index contributed by atoms with van der Waals surface area (Å²) in [7, 11) is 1.54. The van der Waals surface area contributed by atoms with E-state index in [1.54, 1.807) is 0 Å². The number of alkyl halides is 2. The van der Waals surface area contributed by atoms with E-state index in [9.17, 15) is 18.7 Å². The molecule has 1 fully saturated rings. The summed E-state index contributed by atoms with van der Waals surface area (Å²) in [5.74, 6) is -0.905. The maximum absolute atomic E-state index is 12.3. The molecule has 1 atom stereocenters. The van der Waals surface area contributed by atoms with E-state index in [0.717, 1.165) is 12.8 Å². The minimum atomic E-state index is -2.44. The van der Waals surface area contributed by atoms with Crippen molar-refractivity contribution in [2.24, 2.45) is 5.92 Å². The number of nitrogens with zero attached hydrogens (tertiary/aromatic N) is 1. The Morgan fingerprint density at radius 1 is 1.50 bits per heavy atom. The van der Waals surface area contributed by atoms with Gasteiger partial charge in [-0.3, -0.25) is 15.0 Å². The molecule has 0 aromatic rings. The van der Waals surface area contributed by atoms with Gasteiger partial charge >= 0.3 is 5.97 Å². The second kappa shape index (κ2) is 5.93. The monoisotopic (exact) mass is 264 g/mol. The van der Waals surface area contributed by atoms with Crippen molar-refractivity contribution in [2.45, 2.75) is 44.7 Å². The van der Waals surface area contributed by atoms with Gasteiger partial charge in [-0.2, -0.15) is 0 Å². The van der Waals surface area contributed by atoms with Crippen molar-refractivity contribution in [3.63, 3.8) is 0 Å². The number of likely N-dealkylation sites (N-methyl/N-ethyl adjacent to an activating group) is 1. The van der Waals surface area contributed by atoms with Crippen molar-refractivity contribution >= 4 is 5.97 Å². The van der Waals surface area contributed by atoms with Crippen molar-refractivity contribution < 1.29 is 18.7 Å². The molecule has 0 spiro atoms. The number of halogens is 2. The Morgan fingerprint density at radius 3 is 2.39 bits per heavy atom. The molecule has 1 rings (SSSR count). The second-order valence-corrected chi connectivity index (χ2v) is 5.44. The number of carboxylic acids is 1. The lowest BCUT2D eigenvalue weighted by molar-refractivity contribution is -0.147. The third-order valence-corrected chi connectivity index (χ3v) is 3.17. The minimum Gasteiger partial charge on any atom is -0.480 e. The second-order valence-electron chi connectivity index (χ2n) is 5.44. The third-order valence-electron chi connectivity index (χ3n) is 3.17. The van der Waals surface area contributed by atoms with Crippen molar-refractivity contribution in [3.8, 4) is 0 Å². The Kier molecular flexibility index (Phi) is 5.04. The van der Waals surface area contributed by atoms with Crippen LogP contribution in [0.25, 0.3) is 0 Å². The van der Waals surface area contributed by atoms with E-state index in [0.29, 0.717) is 0 Å². The fourth-order valence-electron chi connectivity index (χ4n) is 2.41. The Bertz CT molecular complexity index is 296. The highest BCUT2D eigenvalue weighted by Gasteiger charge is 2.52. The van der Waals surface area contributed by atoms with Crippen LogP contribution in [-0.2, 0) is 4.79 Å². The molecule has 0 saturated heterocycles. The van der Waals surface area contributed by atoms with Gasteiger partial charge in [0.2, 0.25) is 0 Å². The molecule has 106 valence electrons. The molecule has 1 aliphatic rings. The number of nitrogens with one attached hydrogen (secondary N) is 1. The molecule has 0 amide bonds. The first-order valence-electron chi connectivity index (χ1n) is 6.25. The van der Waals surface area contributed by atoms with Crippen molar-refractivity contribution in [3.05, 3.63) is 0 Å². The average molecular weight is 264 g/mol. The van der Waals surface area contributed by atoms with Crippen molar-refractivity contribution in [2.75, 3.05) is 20.1 Å². The van der Waals surface area contributed by atoms with Crippen LogP contribution in [0.2, 0.25) is 0 Å². The zero-order valence-electron chi connectivity index (χ0n) is 11.1. The lowest BCUT2D eigenvalue weighted by atomic mass is 9.91. The van der Waals surface area contributed by atoms with Gasteiger partial charge in [0.05, 0.1) is 6.54 Å². The number of rotatable bonds is 8. The smallest absolute Gasteiger partial charge is 0.325 e. The van der Waals surface area contributed by atoms with E-state index in [-0.39, 0.29) is 18.5 Å². The average Bonchev–Trinajstić information content (AvgIpc) is 2.96. The third kappa shape index (κ3) is 3.88. The van der Waals surface area contributed by atoms with Crippen molar-refractivity contribution in [1.29, 1.82) is 0 Å². The number of carboxylic acid groups (broad SMARTS) is 1. The van der Waals surface area contributed by atoms with Gasteiger partial charge < -0.3 is 5.11 Å². The zero-order valence-corrected chi connectivity index (χ0v) is 11.1. The lowest BCUT2D eigenvalue weighted by Gasteiger charge is -2.36. The number of aliphatic carboxylic acids is 1. The van der Waals surface area contributed by atoms with E-state index in [1.807, 2.05) is 13.8 Å². The summed E-state index contributed by atoms with van der Waals surface area (Å²) >= 11 is 0. The first kappa shape index (κ1) is 15.3. The SMILES string of the molecule is CC(C)NC(CN(C)CC(F)F)(C(=O)O)C1CC1. The molecule has 0 bridgehead atoms. The largest absolute Gasteiger partial charge is 0.480 e. The van der Waals surface area contributed by atoms with Crippen LogP contribution in [0.3, 0.4) is 0 Å². The molecule has 1 aliphatic carbocycles. The lowest BCUT2D eigenvalue weighted by Crippen LogP contribution is -2.62. The Labute approximate surface area is 106 Å². The molecule has 18 heavy (non-hydrogen) atoms. The molecule has 0 aliphatic heterocycles. The summed E-state index contributed by atoms with van der Waals surface area (Å²) in [6.07, 6.45) is -0.761. The van der Waals surface area contributed by atoms with Gasteiger partial charge in [0, 0.05) is 12.6 Å². The summed E-state index contributed by atoms with van der Waals surface area (Å²) in [5.41, 5.74) is -1.10. The van der Waals surface area contributed by atoms with Gasteiger partial charge in [-0.1, -0.05) is 0 Å². The molecule has 0 aromatic carbocycles. The van der Waals surface area contributed by atoms with Gasteiger partial charge in [-0.15, -0.1) is 0 Å². The van der Waals surface area contributed by atoms with E-state index in [2.05, 4.69) is 5.32 Å². The molecule has 0 aromatic heterocycles. The number of hydrogen-bond donors (Lipinski definition) is 2. The first-order chi connectivity index (χ1) is 8.28. The topological polar surface area (TPSA) is 52.6 Å². The first-order valence-corrected chi connectivity index (χ1v) is 6.25. The van der Waals surface area contributed by atoms with Gasteiger partial charge in [0.15, 0.2) is 0 Å². The van der Waals surface area contributed by atoms with Gasteiger partial charge in [-0.25, -0.2) is 8.78 Å². The van der Waals surface area contributed by atoms with E-state index in [1.165, 1.54) is 11.9 Å².